The minimum Gasteiger partial charge on any atom is -0.508 e. The van der Waals surface area contributed by atoms with Gasteiger partial charge in [-0.05, 0) is 51.8 Å². The monoisotopic (exact) mass is 320 g/mol. The van der Waals surface area contributed by atoms with Gasteiger partial charge in [0.25, 0.3) is 0 Å². The Kier molecular flexibility index (Phi) is 5.19. The normalized spacial score (nSPS) is 17.6. The molecule has 1 aliphatic rings. The minimum absolute atomic E-state index is 0.200. The Morgan fingerprint density at radius 1 is 1.30 bits per heavy atom. The van der Waals surface area contributed by atoms with Gasteiger partial charge >= 0.3 is 6.09 Å². The Hall–Kier alpha value is -1.75. The van der Waals surface area contributed by atoms with E-state index < -0.39 is 11.7 Å². The van der Waals surface area contributed by atoms with Crippen LogP contribution in [0.5, 0.6) is 5.75 Å². The number of amides is 1. The molecule has 1 saturated carbocycles. The van der Waals surface area contributed by atoms with E-state index >= 15 is 0 Å². The predicted molar refractivity (Wildman–Crippen MR) is 91.8 cm³/mol. The average Bonchev–Trinajstić information content (AvgIpc) is 2.48. The number of benzene rings is 1. The van der Waals surface area contributed by atoms with Crippen molar-refractivity contribution in [3.63, 3.8) is 0 Å². The summed E-state index contributed by atoms with van der Waals surface area (Å²) in [5.41, 5.74) is 6.74. The van der Waals surface area contributed by atoms with E-state index in [4.69, 9.17) is 10.5 Å². The van der Waals surface area contributed by atoms with Gasteiger partial charge in [-0.25, -0.2) is 4.79 Å². The summed E-state index contributed by atoms with van der Waals surface area (Å²) in [6.45, 7) is 5.96. The molecule has 5 heteroatoms. The van der Waals surface area contributed by atoms with Gasteiger partial charge in [0.05, 0.1) is 0 Å². The third-order valence-corrected chi connectivity index (χ3v) is 4.41. The molecule has 1 fully saturated rings. The number of hydrogen-bond donors (Lipinski definition) is 3. The summed E-state index contributed by atoms with van der Waals surface area (Å²) in [7, 11) is 0. The molecule has 23 heavy (non-hydrogen) atoms. The van der Waals surface area contributed by atoms with E-state index in [-0.39, 0.29) is 11.2 Å². The van der Waals surface area contributed by atoms with Crippen LogP contribution in [0.25, 0.3) is 0 Å². The largest absolute Gasteiger partial charge is 0.508 e. The summed E-state index contributed by atoms with van der Waals surface area (Å²) in [5, 5.41) is 13.0. The first-order valence-corrected chi connectivity index (χ1v) is 8.29. The second-order valence-electron chi connectivity index (χ2n) is 7.40. The van der Waals surface area contributed by atoms with Crippen LogP contribution in [0.15, 0.2) is 18.2 Å². The molecule has 0 saturated heterocycles. The zero-order chi connectivity index (χ0) is 17.1. The van der Waals surface area contributed by atoms with E-state index in [1.807, 2.05) is 26.8 Å². The summed E-state index contributed by atoms with van der Waals surface area (Å²) < 4.78 is 5.27. The van der Waals surface area contributed by atoms with Crippen LogP contribution in [0.3, 0.4) is 0 Å². The number of rotatable bonds is 3. The minimum atomic E-state index is -0.550. The van der Waals surface area contributed by atoms with Crippen molar-refractivity contribution in [2.45, 2.75) is 63.9 Å². The van der Waals surface area contributed by atoms with Gasteiger partial charge in [0.2, 0.25) is 0 Å². The topological polar surface area (TPSA) is 84.6 Å². The van der Waals surface area contributed by atoms with E-state index in [0.29, 0.717) is 12.2 Å². The van der Waals surface area contributed by atoms with E-state index in [2.05, 4.69) is 5.32 Å². The molecule has 5 nitrogen and oxygen atoms in total. The lowest BCUT2D eigenvalue weighted by atomic mass is 9.69. The van der Waals surface area contributed by atoms with E-state index in [9.17, 15) is 9.90 Å². The van der Waals surface area contributed by atoms with E-state index in [1.54, 1.807) is 12.1 Å². The van der Waals surface area contributed by atoms with Crippen LogP contribution in [0.1, 0.15) is 58.4 Å². The smallest absolute Gasteiger partial charge is 0.412 e. The van der Waals surface area contributed by atoms with Crippen molar-refractivity contribution in [3.8, 4) is 5.75 Å². The van der Waals surface area contributed by atoms with Crippen LogP contribution in [-0.2, 0) is 10.2 Å². The first-order valence-electron chi connectivity index (χ1n) is 8.29. The van der Waals surface area contributed by atoms with E-state index in [0.717, 1.165) is 31.2 Å². The second kappa shape index (κ2) is 6.79. The average molecular weight is 320 g/mol. The number of anilines is 1. The number of carbonyl (C=O) groups excluding carboxylic acids is 1. The Balaban J connectivity index is 2.23. The maximum atomic E-state index is 11.9. The van der Waals surface area contributed by atoms with Crippen molar-refractivity contribution in [3.05, 3.63) is 23.8 Å². The molecule has 0 unspecified atom stereocenters. The van der Waals surface area contributed by atoms with Crippen molar-refractivity contribution in [2.75, 3.05) is 11.9 Å². The third kappa shape index (κ3) is 4.38. The lowest BCUT2D eigenvalue weighted by Gasteiger charge is -2.37. The fourth-order valence-electron chi connectivity index (χ4n) is 3.27. The van der Waals surface area contributed by atoms with Gasteiger partial charge in [0, 0.05) is 23.2 Å². The predicted octanol–water partition coefficient (Wildman–Crippen LogP) is 3.90. The summed E-state index contributed by atoms with van der Waals surface area (Å²) in [4.78, 5) is 11.9. The number of carbonyl (C=O) groups is 1. The molecule has 1 aromatic carbocycles. The maximum absolute atomic E-state index is 11.9. The van der Waals surface area contributed by atoms with Crippen LogP contribution >= 0.6 is 0 Å². The second-order valence-corrected chi connectivity index (χ2v) is 7.40. The molecule has 4 N–H and O–H groups in total. The molecule has 1 aromatic rings. The van der Waals surface area contributed by atoms with E-state index in [1.165, 1.54) is 6.42 Å². The van der Waals surface area contributed by atoms with Gasteiger partial charge < -0.3 is 15.6 Å². The van der Waals surface area contributed by atoms with Crippen LogP contribution in [0, 0.1) is 0 Å². The lowest BCUT2D eigenvalue weighted by Crippen LogP contribution is -2.37. The van der Waals surface area contributed by atoms with Crippen LogP contribution in [0.2, 0.25) is 0 Å². The zero-order valence-corrected chi connectivity index (χ0v) is 14.3. The lowest BCUT2D eigenvalue weighted by molar-refractivity contribution is 0.0636. The summed E-state index contributed by atoms with van der Waals surface area (Å²) in [6.07, 6.45) is 4.86. The Bertz CT molecular complexity index is 558. The Labute approximate surface area is 138 Å². The summed E-state index contributed by atoms with van der Waals surface area (Å²) in [6, 6.07) is 5.13. The number of aromatic hydroxyl groups is 1. The fraction of sp³-hybridized carbons (Fsp3) is 0.611. The van der Waals surface area contributed by atoms with Crippen molar-refractivity contribution < 1.29 is 14.6 Å². The van der Waals surface area contributed by atoms with Crippen molar-refractivity contribution in [1.82, 2.24) is 0 Å². The van der Waals surface area contributed by atoms with Crippen molar-refractivity contribution in [2.24, 2.45) is 5.73 Å². The van der Waals surface area contributed by atoms with Crippen LogP contribution < -0.4 is 11.1 Å². The number of phenolic OH excluding ortho intramolecular Hbond substituents is 1. The molecular weight excluding hydrogens is 292 g/mol. The molecule has 2 rings (SSSR count). The highest BCUT2D eigenvalue weighted by Gasteiger charge is 2.35. The zero-order valence-electron chi connectivity index (χ0n) is 14.3. The number of phenols is 1. The first-order chi connectivity index (χ1) is 10.8. The molecule has 0 spiro atoms. The van der Waals surface area contributed by atoms with Crippen LogP contribution in [-0.4, -0.2) is 23.3 Å². The molecular formula is C18H28N2O3. The number of nitrogens with one attached hydrogen (secondary N) is 1. The summed E-state index contributed by atoms with van der Waals surface area (Å²) >= 11 is 0. The summed E-state index contributed by atoms with van der Waals surface area (Å²) in [5.74, 6) is 0.243. The highest BCUT2D eigenvalue weighted by Crippen LogP contribution is 2.43. The maximum Gasteiger partial charge on any atom is 0.412 e. The molecule has 128 valence electrons. The highest BCUT2D eigenvalue weighted by atomic mass is 16.6. The van der Waals surface area contributed by atoms with Crippen LogP contribution in [0.4, 0.5) is 10.5 Å². The number of nitrogens with two attached hydrogens (primary N) is 1. The standard InChI is InChI=1S/C18H28N2O3/c1-17(2,3)23-16(22)20-13-7-8-15(21)14(11-13)18(12-19)9-5-4-6-10-18/h7-8,11,21H,4-6,9-10,12,19H2,1-3H3,(H,20,22). The van der Waals surface area contributed by atoms with Gasteiger partial charge in [-0.15, -0.1) is 0 Å². The van der Waals surface area contributed by atoms with Gasteiger partial charge in [-0.3, -0.25) is 5.32 Å². The first kappa shape index (κ1) is 17.6. The third-order valence-electron chi connectivity index (χ3n) is 4.41. The van der Waals surface area contributed by atoms with Crippen molar-refractivity contribution in [1.29, 1.82) is 0 Å². The van der Waals surface area contributed by atoms with Gasteiger partial charge in [-0.2, -0.15) is 0 Å². The number of hydrogen-bond acceptors (Lipinski definition) is 4. The van der Waals surface area contributed by atoms with Gasteiger partial charge in [-0.1, -0.05) is 19.3 Å². The quantitative estimate of drug-likeness (QED) is 0.737. The molecule has 1 amide bonds. The molecule has 0 radical (unpaired) electrons. The molecule has 0 aliphatic heterocycles. The Morgan fingerprint density at radius 2 is 1.96 bits per heavy atom. The Morgan fingerprint density at radius 3 is 2.52 bits per heavy atom. The molecule has 1 aliphatic carbocycles. The van der Waals surface area contributed by atoms with Gasteiger partial charge in [0.15, 0.2) is 0 Å². The van der Waals surface area contributed by atoms with Crippen molar-refractivity contribution >= 4 is 11.8 Å². The molecule has 0 aromatic heterocycles. The number of ether oxygens (including phenoxy) is 1. The van der Waals surface area contributed by atoms with Gasteiger partial charge in [0.1, 0.15) is 11.4 Å². The molecule has 0 heterocycles. The molecule has 0 atom stereocenters. The highest BCUT2D eigenvalue weighted by molar-refractivity contribution is 5.85. The fourth-order valence-corrected chi connectivity index (χ4v) is 3.27. The molecule has 0 bridgehead atoms. The SMILES string of the molecule is CC(C)(C)OC(=O)Nc1ccc(O)c(C2(CN)CCCCC2)c1.